The van der Waals surface area contributed by atoms with Gasteiger partial charge in [0.15, 0.2) is 6.10 Å². The number of para-hydroxylation sites is 1. The number of carbonyl (C=O) groups excluding carboxylic acids is 2. The predicted molar refractivity (Wildman–Crippen MR) is 135 cm³/mol. The van der Waals surface area contributed by atoms with Gasteiger partial charge in [-0.15, -0.1) is 0 Å². The maximum Gasteiger partial charge on any atom is 0.338 e. The van der Waals surface area contributed by atoms with E-state index in [2.05, 4.69) is 15.3 Å². The topological polar surface area (TPSA) is 84.1 Å². The van der Waals surface area contributed by atoms with Crippen LogP contribution in [0, 0.1) is 13.8 Å². The second-order valence-electron chi connectivity index (χ2n) is 8.44. The van der Waals surface area contributed by atoms with Crippen LogP contribution in [-0.4, -0.2) is 27.9 Å². The molecule has 4 aromatic rings. The minimum absolute atomic E-state index is 0.330. The summed E-state index contributed by atoms with van der Waals surface area (Å²) in [5.74, 6) is -0.142. The lowest BCUT2D eigenvalue weighted by atomic mass is 10.1. The Morgan fingerprint density at radius 1 is 1.03 bits per heavy atom. The quantitative estimate of drug-likeness (QED) is 0.336. The molecule has 1 aromatic heterocycles. The fourth-order valence-corrected chi connectivity index (χ4v) is 3.91. The summed E-state index contributed by atoms with van der Waals surface area (Å²) in [7, 11) is 0. The zero-order chi connectivity index (χ0) is 24.2. The number of amides is 1. The lowest BCUT2D eigenvalue weighted by Crippen LogP contribution is -2.32. The van der Waals surface area contributed by atoms with E-state index >= 15 is 0 Å². The molecule has 2 N–H and O–H groups in total. The highest BCUT2D eigenvalue weighted by Gasteiger charge is 2.23. The second-order valence-corrected chi connectivity index (χ2v) is 8.44. The standard InChI is InChI=1S/C28H29N3O3/c1-5-19-9-7-8-18(4)25(19)31-27(32)24(6-2)34-28(33)21-14-15-22-23(16-21)30-26(29-22)20-12-10-17(3)11-13-20/h7-16,24H,5-6H2,1-4H3,(H,29,30)(H,31,32). The molecule has 0 aliphatic rings. The molecule has 4 rings (SSSR count). The minimum Gasteiger partial charge on any atom is -0.449 e. The van der Waals surface area contributed by atoms with E-state index in [4.69, 9.17) is 4.74 Å². The van der Waals surface area contributed by atoms with Gasteiger partial charge < -0.3 is 15.0 Å². The van der Waals surface area contributed by atoms with E-state index < -0.39 is 12.1 Å². The van der Waals surface area contributed by atoms with Crippen LogP contribution < -0.4 is 5.32 Å². The van der Waals surface area contributed by atoms with Crippen molar-refractivity contribution in [2.24, 2.45) is 0 Å². The number of ether oxygens (including phenoxy) is 1. The van der Waals surface area contributed by atoms with Gasteiger partial charge in [-0.25, -0.2) is 9.78 Å². The molecule has 34 heavy (non-hydrogen) atoms. The van der Waals surface area contributed by atoms with Crippen molar-refractivity contribution in [1.82, 2.24) is 9.97 Å². The Kier molecular flexibility index (Phi) is 6.77. The van der Waals surface area contributed by atoms with E-state index in [0.717, 1.165) is 45.7 Å². The van der Waals surface area contributed by atoms with Crippen LogP contribution in [0.4, 0.5) is 5.69 Å². The number of hydrogen-bond acceptors (Lipinski definition) is 4. The van der Waals surface area contributed by atoms with Crippen LogP contribution >= 0.6 is 0 Å². The van der Waals surface area contributed by atoms with Crippen molar-refractivity contribution in [1.29, 1.82) is 0 Å². The van der Waals surface area contributed by atoms with Gasteiger partial charge in [0.2, 0.25) is 0 Å². The van der Waals surface area contributed by atoms with Crippen LogP contribution in [0.3, 0.4) is 0 Å². The van der Waals surface area contributed by atoms with Crippen molar-refractivity contribution in [3.63, 3.8) is 0 Å². The van der Waals surface area contributed by atoms with Gasteiger partial charge in [-0.1, -0.05) is 61.9 Å². The molecular formula is C28H29N3O3. The van der Waals surface area contributed by atoms with Crippen molar-refractivity contribution < 1.29 is 14.3 Å². The number of aromatic amines is 1. The molecule has 1 amide bonds. The Balaban J connectivity index is 1.51. The number of rotatable bonds is 7. The normalized spacial score (nSPS) is 11.9. The fraction of sp³-hybridized carbons (Fsp3) is 0.250. The van der Waals surface area contributed by atoms with Gasteiger partial charge in [-0.3, -0.25) is 4.79 Å². The highest BCUT2D eigenvalue weighted by molar-refractivity contribution is 5.99. The van der Waals surface area contributed by atoms with E-state index in [0.29, 0.717) is 12.0 Å². The smallest absolute Gasteiger partial charge is 0.338 e. The van der Waals surface area contributed by atoms with Gasteiger partial charge in [0.1, 0.15) is 5.82 Å². The van der Waals surface area contributed by atoms with E-state index in [9.17, 15) is 9.59 Å². The summed E-state index contributed by atoms with van der Waals surface area (Å²) in [5, 5.41) is 2.96. The third-order valence-corrected chi connectivity index (χ3v) is 5.94. The summed E-state index contributed by atoms with van der Waals surface area (Å²) >= 11 is 0. The molecule has 3 aromatic carbocycles. The average Bonchev–Trinajstić information content (AvgIpc) is 3.27. The van der Waals surface area contributed by atoms with Gasteiger partial charge >= 0.3 is 5.97 Å². The number of benzene rings is 3. The van der Waals surface area contributed by atoms with Crippen LogP contribution in [0.15, 0.2) is 60.7 Å². The van der Waals surface area contributed by atoms with E-state index in [1.54, 1.807) is 18.2 Å². The molecular weight excluding hydrogens is 426 g/mol. The fourth-order valence-electron chi connectivity index (χ4n) is 3.91. The number of nitrogens with zero attached hydrogens (tertiary/aromatic N) is 1. The van der Waals surface area contributed by atoms with Crippen LogP contribution in [0.2, 0.25) is 0 Å². The molecule has 0 saturated carbocycles. The number of imidazole rings is 1. The molecule has 0 bridgehead atoms. The molecule has 6 heteroatoms. The lowest BCUT2D eigenvalue weighted by molar-refractivity contribution is -0.124. The first kappa shape index (κ1) is 23.2. The minimum atomic E-state index is -0.891. The van der Waals surface area contributed by atoms with E-state index in [1.165, 1.54) is 5.56 Å². The lowest BCUT2D eigenvalue weighted by Gasteiger charge is -2.18. The number of nitrogens with one attached hydrogen (secondary N) is 2. The number of fused-ring (bicyclic) bond motifs is 1. The van der Waals surface area contributed by atoms with E-state index in [1.807, 2.05) is 70.2 Å². The number of hydrogen-bond donors (Lipinski definition) is 2. The summed E-state index contributed by atoms with van der Waals surface area (Å²) in [5.41, 5.74) is 6.80. The average molecular weight is 456 g/mol. The summed E-state index contributed by atoms with van der Waals surface area (Å²) < 4.78 is 5.60. The maximum atomic E-state index is 12.9. The van der Waals surface area contributed by atoms with Crippen molar-refractivity contribution in [3.05, 3.63) is 82.9 Å². The summed E-state index contributed by atoms with van der Waals surface area (Å²) in [6.07, 6.45) is 0.273. The SMILES string of the molecule is CCc1cccc(C)c1NC(=O)C(CC)OC(=O)c1ccc2nc(-c3ccc(C)cc3)[nH]c2c1. The zero-order valence-corrected chi connectivity index (χ0v) is 19.9. The number of anilines is 1. The molecule has 0 radical (unpaired) electrons. The third kappa shape index (κ3) is 4.86. The largest absolute Gasteiger partial charge is 0.449 e. The Morgan fingerprint density at radius 2 is 1.79 bits per heavy atom. The second kappa shape index (κ2) is 9.91. The highest BCUT2D eigenvalue weighted by Crippen LogP contribution is 2.24. The Bertz CT molecular complexity index is 1340. The summed E-state index contributed by atoms with van der Waals surface area (Å²) in [4.78, 5) is 33.7. The molecule has 6 nitrogen and oxygen atoms in total. The molecule has 0 saturated heterocycles. The van der Waals surface area contributed by atoms with Gasteiger partial charge in [0.05, 0.1) is 16.6 Å². The Labute approximate surface area is 199 Å². The zero-order valence-electron chi connectivity index (χ0n) is 19.9. The van der Waals surface area contributed by atoms with Crippen molar-refractivity contribution in [3.8, 4) is 11.4 Å². The molecule has 1 atom stereocenters. The molecule has 1 unspecified atom stereocenters. The number of carbonyl (C=O) groups is 2. The highest BCUT2D eigenvalue weighted by atomic mass is 16.5. The molecule has 1 heterocycles. The van der Waals surface area contributed by atoms with Crippen molar-refractivity contribution >= 4 is 28.6 Å². The van der Waals surface area contributed by atoms with Crippen molar-refractivity contribution in [2.45, 2.75) is 46.6 Å². The van der Waals surface area contributed by atoms with E-state index in [-0.39, 0.29) is 5.91 Å². The number of H-pyrrole nitrogens is 1. The molecule has 0 aliphatic carbocycles. The van der Waals surface area contributed by atoms with Gasteiger partial charge in [0.25, 0.3) is 5.91 Å². The predicted octanol–water partition coefficient (Wildman–Crippen LogP) is 5.98. The number of aromatic nitrogens is 2. The third-order valence-electron chi connectivity index (χ3n) is 5.94. The van der Waals surface area contributed by atoms with Crippen LogP contribution in [0.5, 0.6) is 0 Å². The van der Waals surface area contributed by atoms with Gasteiger partial charge in [-0.2, -0.15) is 0 Å². The Morgan fingerprint density at radius 3 is 2.50 bits per heavy atom. The molecule has 0 fully saturated rings. The number of aryl methyl sites for hydroxylation is 3. The summed E-state index contributed by atoms with van der Waals surface area (Å²) in [6, 6.07) is 19.1. The van der Waals surface area contributed by atoms with Gasteiger partial charge in [-0.05, 0) is 56.0 Å². The van der Waals surface area contributed by atoms with Crippen LogP contribution in [0.1, 0.15) is 47.3 Å². The van der Waals surface area contributed by atoms with Crippen LogP contribution in [0.25, 0.3) is 22.4 Å². The Hall–Kier alpha value is -3.93. The molecule has 0 spiro atoms. The van der Waals surface area contributed by atoms with Crippen molar-refractivity contribution in [2.75, 3.05) is 5.32 Å². The van der Waals surface area contributed by atoms with Gasteiger partial charge in [0, 0.05) is 11.3 Å². The van der Waals surface area contributed by atoms with Crippen LogP contribution in [-0.2, 0) is 16.0 Å². The first-order chi connectivity index (χ1) is 16.4. The molecule has 174 valence electrons. The molecule has 0 aliphatic heterocycles. The number of esters is 1. The maximum absolute atomic E-state index is 12.9. The monoisotopic (exact) mass is 455 g/mol. The summed E-state index contributed by atoms with van der Waals surface area (Å²) in [6.45, 7) is 7.85. The first-order valence-corrected chi connectivity index (χ1v) is 11.6. The first-order valence-electron chi connectivity index (χ1n) is 11.6.